The monoisotopic (exact) mass is 211 g/mol. The topological polar surface area (TPSA) is 26.0 Å². The Balaban J connectivity index is 2.78. The van der Waals surface area contributed by atoms with Crippen LogP contribution in [0, 0.1) is 11.8 Å². The number of halogens is 1. The van der Waals surface area contributed by atoms with Crippen molar-refractivity contribution in [3.05, 3.63) is 34.9 Å². The molecule has 2 heteroatoms. The van der Waals surface area contributed by atoms with E-state index in [0.29, 0.717) is 11.8 Å². The minimum Gasteiger partial charge on any atom is -0.324 e. The van der Waals surface area contributed by atoms with Crippen LogP contribution in [0.15, 0.2) is 24.3 Å². The van der Waals surface area contributed by atoms with Crippen molar-refractivity contribution in [2.24, 2.45) is 17.6 Å². The molecule has 0 saturated heterocycles. The van der Waals surface area contributed by atoms with Gasteiger partial charge < -0.3 is 5.73 Å². The quantitative estimate of drug-likeness (QED) is 0.812. The van der Waals surface area contributed by atoms with Crippen LogP contribution in [0.5, 0.6) is 0 Å². The highest BCUT2D eigenvalue weighted by atomic mass is 35.5. The van der Waals surface area contributed by atoms with E-state index in [1.165, 1.54) is 0 Å². The molecular weight excluding hydrogens is 194 g/mol. The second kappa shape index (κ2) is 4.81. The SMILES string of the molecule is CC(C)C(C)C(N)c1ccc(Cl)cc1. The number of hydrogen-bond acceptors (Lipinski definition) is 1. The normalized spacial score (nSPS) is 15.6. The molecule has 1 nitrogen and oxygen atoms in total. The lowest BCUT2D eigenvalue weighted by Gasteiger charge is -2.23. The average molecular weight is 212 g/mol. The van der Waals surface area contributed by atoms with E-state index >= 15 is 0 Å². The van der Waals surface area contributed by atoms with Crippen molar-refractivity contribution < 1.29 is 0 Å². The van der Waals surface area contributed by atoms with Crippen molar-refractivity contribution in [2.75, 3.05) is 0 Å². The average Bonchev–Trinajstić information content (AvgIpc) is 2.16. The molecule has 0 aliphatic rings. The summed E-state index contributed by atoms with van der Waals surface area (Å²) in [6.07, 6.45) is 0. The van der Waals surface area contributed by atoms with Gasteiger partial charge in [-0.15, -0.1) is 0 Å². The summed E-state index contributed by atoms with van der Waals surface area (Å²) in [5.41, 5.74) is 7.31. The molecule has 2 unspecified atom stereocenters. The highest BCUT2D eigenvalue weighted by Crippen LogP contribution is 2.26. The Morgan fingerprint density at radius 3 is 2.00 bits per heavy atom. The fourth-order valence-electron chi connectivity index (χ4n) is 1.40. The van der Waals surface area contributed by atoms with E-state index in [1.807, 2.05) is 24.3 Å². The minimum absolute atomic E-state index is 0.104. The van der Waals surface area contributed by atoms with Crippen LogP contribution < -0.4 is 5.73 Å². The van der Waals surface area contributed by atoms with Crippen LogP contribution in [0.1, 0.15) is 32.4 Å². The molecule has 14 heavy (non-hydrogen) atoms. The van der Waals surface area contributed by atoms with E-state index in [2.05, 4.69) is 20.8 Å². The summed E-state index contributed by atoms with van der Waals surface area (Å²) >= 11 is 5.82. The van der Waals surface area contributed by atoms with Gasteiger partial charge >= 0.3 is 0 Å². The number of nitrogens with two attached hydrogens (primary N) is 1. The van der Waals surface area contributed by atoms with E-state index < -0.39 is 0 Å². The molecule has 0 fully saturated rings. The molecule has 0 spiro atoms. The van der Waals surface area contributed by atoms with Crippen LogP contribution in [0.2, 0.25) is 5.02 Å². The summed E-state index contributed by atoms with van der Waals surface area (Å²) in [5, 5.41) is 0.762. The molecule has 0 amide bonds. The lowest BCUT2D eigenvalue weighted by molar-refractivity contribution is 0.352. The fourth-order valence-corrected chi connectivity index (χ4v) is 1.53. The van der Waals surface area contributed by atoms with Crippen LogP contribution >= 0.6 is 11.6 Å². The van der Waals surface area contributed by atoms with Gasteiger partial charge in [0.25, 0.3) is 0 Å². The van der Waals surface area contributed by atoms with Gasteiger partial charge in [0.05, 0.1) is 0 Å². The summed E-state index contributed by atoms with van der Waals surface area (Å²) in [6, 6.07) is 7.90. The molecule has 0 saturated carbocycles. The van der Waals surface area contributed by atoms with E-state index in [9.17, 15) is 0 Å². The van der Waals surface area contributed by atoms with Crippen molar-refractivity contribution in [2.45, 2.75) is 26.8 Å². The van der Waals surface area contributed by atoms with Crippen molar-refractivity contribution in [3.63, 3.8) is 0 Å². The maximum Gasteiger partial charge on any atom is 0.0406 e. The first-order valence-electron chi connectivity index (χ1n) is 5.03. The lowest BCUT2D eigenvalue weighted by atomic mass is 9.87. The highest BCUT2D eigenvalue weighted by Gasteiger charge is 2.17. The zero-order valence-corrected chi connectivity index (χ0v) is 9.75. The van der Waals surface area contributed by atoms with Crippen LogP contribution in [-0.2, 0) is 0 Å². The smallest absolute Gasteiger partial charge is 0.0406 e. The first-order valence-corrected chi connectivity index (χ1v) is 5.41. The first-order chi connectivity index (χ1) is 6.52. The van der Waals surface area contributed by atoms with Gasteiger partial charge in [0, 0.05) is 11.1 Å². The molecule has 0 aliphatic heterocycles. The molecule has 1 aromatic rings. The van der Waals surface area contributed by atoms with Gasteiger partial charge in [0.2, 0.25) is 0 Å². The zero-order chi connectivity index (χ0) is 10.7. The molecule has 0 radical (unpaired) electrons. The minimum atomic E-state index is 0.104. The van der Waals surface area contributed by atoms with E-state index in [1.54, 1.807) is 0 Å². The Kier molecular flexibility index (Phi) is 3.97. The highest BCUT2D eigenvalue weighted by molar-refractivity contribution is 6.30. The Bertz CT molecular complexity index is 279. The van der Waals surface area contributed by atoms with Crippen LogP contribution in [0.3, 0.4) is 0 Å². The maximum absolute atomic E-state index is 6.15. The molecule has 2 atom stereocenters. The van der Waals surface area contributed by atoms with E-state index in [-0.39, 0.29) is 6.04 Å². The molecule has 2 N–H and O–H groups in total. The summed E-state index contributed by atoms with van der Waals surface area (Å²) < 4.78 is 0. The van der Waals surface area contributed by atoms with Crippen LogP contribution in [-0.4, -0.2) is 0 Å². The molecule has 0 aromatic heterocycles. The van der Waals surface area contributed by atoms with Gasteiger partial charge in [-0.25, -0.2) is 0 Å². The van der Waals surface area contributed by atoms with Gasteiger partial charge in [-0.05, 0) is 29.5 Å². The third-order valence-corrected chi connectivity index (χ3v) is 3.12. The van der Waals surface area contributed by atoms with Gasteiger partial charge in [-0.1, -0.05) is 44.5 Å². The van der Waals surface area contributed by atoms with Gasteiger partial charge in [-0.2, -0.15) is 0 Å². The molecular formula is C12H18ClN. The van der Waals surface area contributed by atoms with Crippen molar-refractivity contribution in [3.8, 4) is 0 Å². The fraction of sp³-hybridized carbons (Fsp3) is 0.500. The molecule has 0 bridgehead atoms. The molecule has 0 heterocycles. The van der Waals surface area contributed by atoms with Crippen LogP contribution in [0.25, 0.3) is 0 Å². The third kappa shape index (κ3) is 2.73. The second-order valence-corrected chi connectivity index (χ2v) is 4.62. The predicted molar refractivity (Wildman–Crippen MR) is 62.4 cm³/mol. The Morgan fingerprint density at radius 1 is 1.07 bits per heavy atom. The van der Waals surface area contributed by atoms with Crippen molar-refractivity contribution in [1.82, 2.24) is 0 Å². The van der Waals surface area contributed by atoms with Gasteiger partial charge in [0.1, 0.15) is 0 Å². The molecule has 1 aromatic carbocycles. The molecule has 78 valence electrons. The van der Waals surface area contributed by atoms with Gasteiger partial charge in [-0.3, -0.25) is 0 Å². The third-order valence-electron chi connectivity index (χ3n) is 2.87. The standard InChI is InChI=1S/C12H18ClN/c1-8(2)9(3)12(14)10-4-6-11(13)7-5-10/h4-9,12H,14H2,1-3H3. The first kappa shape index (κ1) is 11.5. The van der Waals surface area contributed by atoms with Crippen molar-refractivity contribution >= 4 is 11.6 Å². The molecule has 0 aliphatic carbocycles. The van der Waals surface area contributed by atoms with E-state index in [0.717, 1.165) is 10.6 Å². The summed E-state index contributed by atoms with van der Waals surface area (Å²) in [6.45, 7) is 6.57. The molecule has 1 rings (SSSR count). The van der Waals surface area contributed by atoms with Gasteiger partial charge in [0.15, 0.2) is 0 Å². The number of hydrogen-bond donors (Lipinski definition) is 1. The summed E-state index contributed by atoms with van der Waals surface area (Å²) in [4.78, 5) is 0. The predicted octanol–water partition coefficient (Wildman–Crippen LogP) is 3.63. The Morgan fingerprint density at radius 2 is 1.57 bits per heavy atom. The maximum atomic E-state index is 6.15. The van der Waals surface area contributed by atoms with Crippen molar-refractivity contribution in [1.29, 1.82) is 0 Å². The van der Waals surface area contributed by atoms with E-state index in [4.69, 9.17) is 17.3 Å². The Labute approximate surface area is 91.3 Å². The summed E-state index contributed by atoms with van der Waals surface area (Å²) in [7, 11) is 0. The summed E-state index contributed by atoms with van der Waals surface area (Å²) in [5.74, 6) is 1.08. The second-order valence-electron chi connectivity index (χ2n) is 4.18. The van der Waals surface area contributed by atoms with Crippen LogP contribution in [0.4, 0.5) is 0 Å². The lowest BCUT2D eigenvalue weighted by Crippen LogP contribution is -2.22. The Hall–Kier alpha value is -0.530. The largest absolute Gasteiger partial charge is 0.324 e. The zero-order valence-electron chi connectivity index (χ0n) is 9.00. The number of benzene rings is 1. The number of rotatable bonds is 3.